The van der Waals surface area contributed by atoms with Gasteiger partial charge in [-0.15, -0.1) is 0 Å². The molecular weight excluding hydrogens is 522 g/mol. The minimum absolute atomic E-state index is 0.160. The van der Waals surface area contributed by atoms with Gasteiger partial charge in [-0.05, 0) is 42.0 Å². The summed E-state index contributed by atoms with van der Waals surface area (Å²) in [4.78, 5) is 29.2. The molecule has 4 aromatic rings. The van der Waals surface area contributed by atoms with E-state index in [-0.39, 0.29) is 18.9 Å². The average Bonchev–Trinajstić information content (AvgIpc) is 2.94. The van der Waals surface area contributed by atoms with Crippen LogP contribution in [0.2, 0.25) is 0 Å². The molecule has 0 heterocycles. The average molecular weight is 558 g/mol. The summed E-state index contributed by atoms with van der Waals surface area (Å²) >= 11 is 0. The first kappa shape index (κ1) is 28.8. The Morgan fingerprint density at radius 1 is 0.850 bits per heavy atom. The second kappa shape index (κ2) is 12.8. The number of carbonyl (C=O) groups is 2. The first-order chi connectivity index (χ1) is 19.2. The number of rotatable bonds is 11. The number of benzene rings is 4. The van der Waals surface area contributed by atoms with Crippen LogP contribution in [0.1, 0.15) is 23.6 Å². The molecule has 0 unspecified atom stereocenters. The van der Waals surface area contributed by atoms with Gasteiger partial charge in [0.15, 0.2) is 0 Å². The first-order valence-corrected chi connectivity index (χ1v) is 15.1. The van der Waals surface area contributed by atoms with Gasteiger partial charge in [0.1, 0.15) is 12.6 Å². The highest BCUT2D eigenvalue weighted by Crippen LogP contribution is 2.29. The van der Waals surface area contributed by atoms with Gasteiger partial charge >= 0.3 is 0 Å². The normalized spacial score (nSPS) is 12.1. The molecule has 8 heteroatoms. The van der Waals surface area contributed by atoms with Crippen LogP contribution in [0.15, 0.2) is 97.1 Å². The topological polar surface area (TPSA) is 86.8 Å². The molecule has 0 aliphatic rings. The van der Waals surface area contributed by atoms with Gasteiger partial charge in [0.05, 0.1) is 11.9 Å². The molecule has 0 spiro atoms. The highest BCUT2D eigenvalue weighted by molar-refractivity contribution is 7.92. The Kier molecular flexibility index (Phi) is 9.22. The quantitative estimate of drug-likeness (QED) is 0.290. The van der Waals surface area contributed by atoms with Crippen molar-refractivity contribution < 1.29 is 18.0 Å². The van der Waals surface area contributed by atoms with E-state index >= 15 is 0 Å². The van der Waals surface area contributed by atoms with E-state index in [1.54, 1.807) is 12.1 Å². The Morgan fingerprint density at radius 3 is 2.20 bits per heavy atom. The zero-order valence-electron chi connectivity index (χ0n) is 23.1. The number of anilines is 1. The maximum absolute atomic E-state index is 14.2. The van der Waals surface area contributed by atoms with Crippen molar-refractivity contribution in [1.29, 1.82) is 0 Å². The van der Waals surface area contributed by atoms with Gasteiger partial charge in [-0.25, -0.2) is 8.42 Å². The molecule has 0 aliphatic heterocycles. The lowest BCUT2D eigenvalue weighted by atomic mass is 10.0. The SMILES string of the molecule is CCNC(=O)[C@@H](Cc1ccccc1)N(Cc1ccccc1C)C(=O)CN(c1cccc2ccccc12)S(C)(=O)=O. The van der Waals surface area contributed by atoms with Gasteiger partial charge in [0.25, 0.3) is 0 Å². The molecule has 0 fully saturated rings. The van der Waals surface area contributed by atoms with Crippen molar-refractivity contribution in [2.75, 3.05) is 23.7 Å². The molecule has 0 radical (unpaired) electrons. The second-order valence-corrected chi connectivity index (χ2v) is 11.7. The number of hydrogen-bond acceptors (Lipinski definition) is 4. The van der Waals surface area contributed by atoms with E-state index in [0.29, 0.717) is 12.2 Å². The lowest BCUT2D eigenvalue weighted by Crippen LogP contribution is -2.53. The van der Waals surface area contributed by atoms with E-state index in [2.05, 4.69) is 5.32 Å². The zero-order chi connectivity index (χ0) is 28.7. The third kappa shape index (κ3) is 6.87. The maximum atomic E-state index is 14.2. The van der Waals surface area contributed by atoms with Crippen LogP contribution in [-0.2, 0) is 32.6 Å². The summed E-state index contributed by atoms with van der Waals surface area (Å²) in [6.45, 7) is 3.91. The second-order valence-electron chi connectivity index (χ2n) is 9.82. The third-order valence-electron chi connectivity index (χ3n) is 6.94. The van der Waals surface area contributed by atoms with E-state index in [4.69, 9.17) is 0 Å². The van der Waals surface area contributed by atoms with E-state index in [1.807, 2.05) is 98.8 Å². The van der Waals surface area contributed by atoms with Gasteiger partial charge in [-0.3, -0.25) is 13.9 Å². The number of fused-ring (bicyclic) bond motifs is 1. The van der Waals surface area contributed by atoms with Crippen molar-refractivity contribution in [1.82, 2.24) is 10.2 Å². The molecule has 2 amide bonds. The summed E-state index contributed by atoms with van der Waals surface area (Å²) in [5.74, 6) is -0.752. The highest BCUT2D eigenvalue weighted by Gasteiger charge is 2.33. The van der Waals surface area contributed by atoms with Crippen molar-refractivity contribution in [3.05, 3.63) is 114 Å². The molecule has 208 valence electrons. The van der Waals surface area contributed by atoms with E-state index in [9.17, 15) is 18.0 Å². The van der Waals surface area contributed by atoms with Gasteiger partial charge in [-0.2, -0.15) is 0 Å². The van der Waals surface area contributed by atoms with Crippen LogP contribution in [0, 0.1) is 6.92 Å². The fourth-order valence-corrected chi connectivity index (χ4v) is 5.70. The Morgan fingerprint density at radius 2 is 1.50 bits per heavy atom. The lowest BCUT2D eigenvalue weighted by Gasteiger charge is -2.34. The zero-order valence-corrected chi connectivity index (χ0v) is 23.9. The smallest absolute Gasteiger partial charge is 0.244 e. The standard InChI is InChI=1S/C32H35N3O4S/c1-4-33-32(37)30(21-25-14-6-5-7-15-25)34(22-27-17-9-8-13-24(27)2)31(36)23-35(40(3,38)39)29-20-12-18-26-16-10-11-19-28(26)29/h5-20,30H,4,21-23H2,1-3H3,(H,33,37)/t30-/m1/s1. The number of sulfonamides is 1. The predicted octanol–water partition coefficient (Wildman–Crippen LogP) is 4.69. The highest BCUT2D eigenvalue weighted by atomic mass is 32.2. The summed E-state index contributed by atoms with van der Waals surface area (Å²) in [5, 5.41) is 4.46. The van der Waals surface area contributed by atoms with Crippen molar-refractivity contribution >= 4 is 38.3 Å². The number of amides is 2. The molecule has 4 rings (SSSR count). The van der Waals surface area contributed by atoms with Crippen LogP contribution in [0.4, 0.5) is 5.69 Å². The molecule has 40 heavy (non-hydrogen) atoms. The van der Waals surface area contributed by atoms with Gasteiger partial charge in [0.2, 0.25) is 21.8 Å². The summed E-state index contributed by atoms with van der Waals surface area (Å²) < 4.78 is 27.4. The minimum atomic E-state index is -3.85. The molecule has 0 aromatic heterocycles. The van der Waals surface area contributed by atoms with Gasteiger partial charge in [-0.1, -0.05) is 91.0 Å². The van der Waals surface area contributed by atoms with Crippen molar-refractivity contribution in [3.8, 4) is 0 Å². The predicted molar refractivity (Wildman–Crippen MR) is 160 cm³/mol. The minimum Gasteiger partial charge on any atom is -0.355 e. The molecule has 4 aromatic carbocycles. The van der Waals surface area contributed by atoms with Crippen molar-refractivity contribution in [3.63, 3.8) is 0 Å². The largest absolute Gasteiger partial charge is 0.355 e. The Labute approximate surface area is 236 Å². The molecular formula is C32H35N3O4S. The van der Waals surface area contributed by atoms with Gasteiger partial charge in [0, 0.05) is 24.9 Å². The number of aryl methyl sites for hydroxylation is 1. The number of hydrogen-bond donors (Lipinski definition) is 1. The molecule has 7 nitrogen and oxygen atoms in total. The molecule has 1 atom stereocenters. The Bertz CT molecular complexity index is 1580. The van der Waals surface area contributed by atoms with Crippen LogP contribution in [0.25, 0.3) is 10.8 Å². The van der Waals surface area contributed by atoms with Crippen LogP contribution >= 0.6 is 0 Å². The Hall–Kier alpha value is -4.17. The first-order valence-electron chi connectivity index (χ1n) is 13.3. The third-order valence-corrected chi connectivity index (χ3v) is 8.07. The summed E-state index contributed by atoms with van der Waals surface area (Å²) in [7, 11) is -3.85. The Balaban J connectivity index is 1.78. The number of likely N-dealkylation sites (N-methyl/N-ethyl adjacent to an activating group) is 1. The van der Waals surface area contributed by atoms with Gasteiger partial charge < -0.3 is 10.2 Å². The molecule has 0 saturated carbocycles. The van der Waals surface area contributed by atoms with E-state index in [1.165, 1.54) is 4.90 Å². The van der Waals surface area contributed by atoms with Crippen molar-refractivity contribution in [2.45, 2.75) is 32.9 Å². The van der Waals surface area contributed by atoms with Crippen LogP contribution in [0.5, 0.6) is 0 Å². The van der Waals surface area contributed by atoms with E-state index < -0.39 is 28.5 Å². The van der Waals surface area contributed by atoms with Crippen molar-refractivity contribution in [2.24, 2.45) is 0 Å². The molecule has 1 N–H and O–H groups in total. The molecule has 0 saturated heterocycles. The summed E-state index contributed by atoms with van der Waals surface area (Å²) in [6.07, 6.45) is 1.39. The molecule has 0 aliphatic carbocycles. The van der Waals surface area contributed by atoms with Crippen LogP contribution in [0.3, 0.4) is 0 Å². The maximum Gasteiger partial charge on any atom is 0.244 e. The van der Waals surface area contributed by atoms with Crippen LogP contribution < -0.4 is 9.62 Å². The monoisotopic (exact) mass is 557 g/mol. The number of nitrogens with zero attached hydrogens (tertiary/aromatic N) is 2. The van der Waals surface area contributed by atoms with E-state index in [0.717, 1.165) is 38.0 Å². The molecule has 0 bridgehead atoms. The number of nitrogens with one attached hydrogen (secondary N) is 1. The van der Waals surface area contributed by atoms with Crippen LogP contribution in [-0.4, -0.2) is 50.5 Å². The fraction of sp³-hybridized carbons (Fsp3) is 0.250. The fourth-order valence-electron chi connectivity index (χ4n) is 4.84. The number of carbonyl (C=O) groups excluding carboxylic acids is 2. The lowest BCUT2D eigenvalue weighted by molar-refractivity contribution is -0.140. The summed E-state index contributed by atoms with van der Waals surface area (Å²) in [5.41, 5.74) is 3.18. The summed E-state index contributed by atoms with van der Waals surface area (Å²) in [6, 6.07) is 29.2.